The standard InChI is InChI=1S/C20H23N3O3/c1-11(2)10-23-17(16(12(3)4)19(25)22-20(23)26)18(24)15-7-13(5)6-14(8-15)9-21/h6-8,11-12H,10H2,1-5H3,(H,22,25,26). The van der Waals surface area contributed by atoms with Crippen molar-refractivity contribution in [2.24, 2.45) is 5.92 Å². The Balaban J connectivity index is 2.84. The lowest BCUT2D eigenvalue weighted by molar-refractivity contribution is 0.102. The largest absolute Gasteiger partial charge is 0.328 e. The van der Waals surface area contributed by atoms with Crippen LogP contribution in [0.15, 0.2) is 27.8 Å². The van der Waals surface area contributed by atoms with Crippen molar-refractivity contribution in [1.82, 2.24) is 9.55 Å². The Kier molecular flexibility index (Phi) is 5.61. The van der Waals surface area contributed by atoms with E-state index in [2.05, 4.69) is 4.98 Å². The molecule has 26 heavy (non-hydrogen) atoms. The molecule has 0 aliphatic carbocycles. The first-order valence-electron chi connectivity index (χ1n) is 8.59. The van der Waals surface area contributed by atoms with E-state index in [1.165, 1.54) is 10.6 Å². The smallest absolute Gasteiger partial charge is 0.290 e. The van der Waals surface area contributed by atoms with E-state index in [9.17, 15) is 19.6 Å². The van der Waals surface area contributed by atoms with Gasteiger partial charge in [0, 0.05) is 17.7 Å². The maximum Gasteiger partial charge on any atom is 0.328 e. The normalized spacial score (nSPS) is 11.0. The Bertz CT molecular complexity index is 1000. The number of aryl methyl sites for hydroxylation is 1. The van der Waals surface area contributed by atoms with Gasteiger partial charge in [0.25, 0.3) is 5.56 Å². The summed E-state index contributed by atoms with van der Waals surface area (Å²) in [5.74, 6) is -0.549. The van der Waals surface area contributed by atoms with Crippen molar-refractivity contribution in [3.05, 3.63) is 67.0 Å². The van der Waals surface area contributed by atoms with Gasteiger partial charge in [0.1, 0.15) is 5.69 Å². The number of aromatic nitrogens is 2. The fourth-order valence-corrected chi connectivity index (χ4v) is 3.02. The first-order chi connectivity index (χ1) is 12.1. The summed E-state index contributed by atoms with van der Waals surface area (Å²) in [7, 11) is 0. The maximum absolute atomic E-state index is 13.3. The number of hydrogen-bond donors (Lipinski definition) is 1. The van der Waals surface area contributed by atoms with Crippen LogP contribution in [0.3, 0.4) is 0 Å². The van der Waals surface area contributed by atoms with Crippen molar-refractivity contribution in [2.45, 2.75) is 47.1 Å². The van der Waals surface area contributed by atoms with Crippen molar-refractivity contribution in [1.29, 1.82) is 5.26 Å². The van der Waals surface area contributed by atoms with Crippen molar-refractivity contribution >= 4 is 5.78 Å². The van der Waals surface area contributed by atoms with Gasteiger partial charge in [0.2, 0.25) is 5.78 Å². The zero-order valence-electron chi connectivity index (χ0n) is 15.7. The molecule has 1 N–H and O–H groups in total. The summed E-state index contributed by atoms with van der Waals surface area (Å²) in [4.78, 5) is 40.4. The number of carbonyl (C=O) groups is 1. The third-order valence-electron chi connectivity index (χ3n) is 4.04. The minimum Gasteiger partial charge on any atom is -0.290 e. The van der Waals surface area contributed by atoms with Gasteiger partial charge in [-0.15, -0.1) is 0 Å². The lowest BCUT2D eigenvalue weighted by Gasteiger charge is -2.18. The van der Waals surface area contributed by atoms with Gasteiger partial charge in [0.05, 0.1) is 11.6 Å². The highest BCUT2D eigenvalue weighted by atomic mass is 16.2. The molecule has 0 radical (unpaired) electrons. The first-order valence-corrected chi connectivity index (χ1v) is 8.59. The van der Waals surface area contributed by atoms with Crippen LogP contribution in [0.1, 0.15) is 66.4 Å². The molecule has 0 aliphatic rings. The van der Waals surface area contributed by atoms with Gasteiger partial charge in [-0.05, 0) is 42.5 Å². The summed E-state index contributed by atoms with van der Waals surface area (Å²) in [6.07, 6.45) is 0. The van der Waals surface area contributed by atoms with Crippen LogP contribution in [-0.4, -0.2) is 15.3 Å². The second-order valence-corrected chi connectivity index (χ2v) is 7.21. The molecule has 1 aromatic carbocycles. The van der Waals surface area contributed by atoms with Crippen LogP contribution in [0, 0.1) is 24.2 Å². The predicted octanol–water partition coefficient (Wildman–Crippen LogP) is 2.73. The summed E-state index contributed by atoms with van der Waals surface area (Å²) in [5.41, 5.74) is 0.687. The van der Waals surface area contributed by atoms with E-state index in [4.69, 9.17) is 0 Å². The SMILES string of the molecule is Cc1cc(C#N)cc(C(=O)c2c(C(C)C)c(=O)[nH]c(=O)n2CC(C)C)c1. The average molecular weight is 353 g/mol. The van der Waals surface area contributed by atoms with Crippen LogP contribution < -0.4 is 11.2 Å². The number of rotatable bonds is 5. The third-order valence-corrected chi connectivity index (χ3v) is 4.04. The number of ketones is 1. The van der Waals surface area contributed by atoms with Gasteiger partial charge in [-0.2, -0.15) is 5.26 Å². The molecular formula is C20H23N3O3. The zero-order chi connectivity index (χ0) is 19.6. The second kappa shape index (κ2) is 7.52. The average Bonchev–Trinajstić information content (AvgIpc) is 2.54. The molecule has 6 nitrogen and oxygen atoms in total. The second-order valence-electron chi connectivity index (χ2n) is 7.21. The van der Waals surface area contributed by atoms with E-state index >= 15 is 0 Å². The summed E-state index contributed by atoms with van der Waals surface area (Å²) < 4.78 is 1.35. The van der Waals surface area contributed by atoms with E-state index in [0.29, 0.717) is 17.7 Å². The van der Waals surface area contributed by atoms with Crippen LogP contribution in [0.25, 0.3) is 0 Å². The monoisotopic (exact) mass is 353 g/mol. The molecule has 1 aromatic heterocycles. The Morgan fingerprint density at radius 3 is 2.38 bits per heavy atom. The molecule has 0 saturated heterocycles. The number of nitriles is 1. The van der Waals surface area contributed by atoms with Gasteiger partial charge >= 0.3 is 5.69 Å². The molecule has 6 heteroatoms. The Morgan fingerprint density at radius 1 is 1.19 bits per heavy atom. The van der Waals surface area contributed by atoms with Gasteiger partial charge < -0.3 is 0 Å². The Hall–Kier alpha value is -2.94. The summed E-state index contributed by atoms with van der Waals surface area (Å²) in [5, 5.41) is 9.17. The third kappa shape index (κ3) is 3.83. The topological polar surface area (TPSA) is 95.7 Å². The van der Waals surface area contributed by atoms with E-state index < -0.39 is 17.0 Å². The van der Waals surface area contributed by atoms with Gasteiger partial charge in [-0.25, -0.2) is 4.79 Å². The van der Waals surface area contributed by atoms with Crippen LogP contribution in [0.4, 0.5) is 0 Å². The van der Waals surface area contributed by atoms with E-state index in [-0.39, 0.29) is 23.1 Å². The molecule has 0 atom stereocenters. The summed E-state index contributed by atoms with van der Waals surface area (Å²) in [6.45, 7) is 9.58. The van der Waals surface area contributed by atoms with Crippen molar-refractivity contribution in [2.75, 3.05) is 0 Å². The molecule has 0 saturated carbocycles. The highest BCUT2D eigenvalue weighted by molar-refractivity contribution is 6.09. The Labute approximate surface area is 152 Å². The first kappa shape index (κ1) is 19.4. The van der Waals surface area contributed by atoms with Crippen molar-refractivity contribution in [3.63, 3.8) is 0 Å². The quantitative estimate of drug-likeness (QED) is 0.836. The van der Waals surface area contributed by atoms with Gasteiger partial charge in [-0.3, -0.25) is 19.1 Å². The molecule has 0 spiro atoms. The summed E-state index contributed by atoms with van der Waals surface area (Å²) >= 11 is 0. The van der Waals surface area contributed by atoms with Gasteiger partial charge in [0.15, 0.2) is 0 Å². The number of H-pyrrole nitrogens is 1. The van der Waals surface area contributed by atoms with Crippen LogP contribution in [-0.2, 0) is 6.54 Å². The molecule has 2 rings (SSSR count). The highest BCUT2D eigenvalue weighted by Crippen LogP contribution is 2.20. The molecule has 0 amide bonds. The minimum atomic E-state index is -0.593. The lowest BCUT2D eigenvalue weighted by atomic mass is 9.95. The van der Waals surface area contributed by atoms with Gasteiger partial charge in [-0.1, -0.05) is 27.7 Å². The molecule has 0 unspecified atom stereocenters. The van der Waals surface area contributed by atoms with Crippen molar-refractivity contribution in [3.8, 4) is 6.07 Å². The highest BCUT2D eigenvalue weighted by Gasteiger charge is 2.25. The lowest BCUT2D eigenvalue weighted by Crippen LogP contribution is -2.38. The number of carbonyl (C=O) groups excluding carboxylic acids is 1. The molecule has 2 aromatic rings. The molecule has 0 bridgehead atoms. The molecule has 0 aliphatic heterocycles. The number of benzene rings is 1. The number of aromatic amines is 1. The van der Waals surface area contributed by atoms with Crippen LogP contribution >= 0.6 is 0 Å². The molecule has 1 heterocycles. The van der Waals surface area contributed by atoms with Crippen LogP contribution in [0.5, 0.6) is 0 Å². The van der Waals surface area contributed by atoms with E-state index in [1.807, 2.05) is 33.8 Å². The summed E-state index contributed by atoms with van der Waals surface area (Å²) in [6, 6.07) is 6.87. The maximum atomic E-state index is 13.3. The number of nitrogens with zero attached hydrogens (tertiary/aromatic N) is 2. The van der Waals surface area contributed by atoms with E-state index in [0.717, 1.165) is 5.56 Å². The minimum absolute atomic E-state index is 0.108. The van der Waals surface area contributed by atoms with E-state index in [1.54, 1.807) is 19.1 Å². The Morgan fingerprint density at radius 2 is 1.85 bits per heavy atom. The zero-order valence-corrected chi connectivity index (χ0v) is 15.7. The number of nitrogens with one attached hydrogen (secondary N) is 1. The molecular weight excluding hydrogens is 330 g/mol. The molecule has 136 valence electrons. The fraction of sp³-hybridized carbons (Fsp3) is 0.400. The molecule has 0 fully saturated rings. The van der Waals surface area contributed by atoms with Crippen molar-refractivity contribution < 1.29 is 4.79 Å². The fourth-order valence-electron chi connectivity index (χ4n) is 3.02. The predicted molar refractivity (Wildman–Crippen MR) is 99.6 cm³/mol. The number of hydrogen-bond acceptors (Lipinski definition) is 4. The van der Waals surface area contributed by atoms with Crippen LogP contribution in [0.2, 0.25) is 0 Å².